The molecule has 1 aromatic heterocycles. The van der Waals surface area contributed by atoms with Crippen molar-refractivity contribution in [3.8, 4) is 5.69 Å². The Balaban J connectivity index is 1.59. The lowest BCUT2D eigenvalue weighted by molar-refractivity contribution is 0.585. The molecule has 31 heavy (non-hydrogen) atoms. The van der Waals surface area contributed by atoms with Crippen LogP contribution in [0, 0.1) is 24.3 Å². The lowest BCUT2D eigenvalue weighted by Crippen LogP contribution is -2.18. The minimum atomic E-state index is -3.76. The van der Waals surface area contributed by atoms with Gasteiger partial charge in [0.1, 0.15) is 0 Å². The molecule has 0 radical (unpaired) electrons. The zero-order valence-corrected chi connectivity index (χ0v) is 20.4. The second-order valence-corrected chi connectivity index (χ2v) is 10.3. The van der Waals surface area contributed by atoms with Crippen LogP contribution in [0.3, 0.4) is 0 Å². The van der Waals surface area contributed by atoms with Crippen molar-refractivity contribution < 1.29 is 8.42 Å². The summed E-state index contributed by atoms with van der Waals surface area (Å²) >= 11 is 2.32. The monoisotopic (exact) mass is 543 g/mol. The predicted octanol–water partition coefficient (Wildman–Crippen LogP) is 5.47. The van der Waals surface area contributed by atoms with Gasteiger partial charge >= 0.3 is 0 Å². The van der Waals surface area contributed by atoms with E-state index in [9.17, 15) is 8.42 Å². The third-order valence-electron chi connectivity index (χ3n) is 5.28. The van der Waals surface area contributed by atoms with Crippen LogP contribution in [0.5, 0.6) is 0 Å². The normalized spacial score (nSPS) is 12.0. The molecule has 4 aromatic rings. The van der Waals surface area contributed by atoms with Crippen molar-refractivity contribution in [1.82, 2.24) is 9.40 Å². The van der Waals surface area contributed by atoms with Crippen molar-refractivity contribution in [2.45, 2.75) is 25.7 Å². The summed E-state index contributed by atoms with van der Waals surface area (Å²) in [7, 11) is -3.76. The van der Waals surface area contributed by atoms with Crippen LogP contribution in [-0.4, -0.2) is 19.2 Å². The summed E-state index contributed by atoms with van der Waals surface area (Å²) in [6.07, 6.45) is 1.55. The Bertz CT molecular complexity index is 1420. The highest BCUT2D eigenvalue weighted by atomic mass is 127. The first kappa shape index (κ1) is 21.6. The van der Waals surface area contributed by atoms with Crippen LogP contribution in [0.1, 0.15) is 22.5 Å². The van der Waals surface area contributed by atoms with E-state index in [2.05, 4.69) is 62.2 Å². The number of sulfonamides is 1. The summed E-state index contributed by atoms with van der Waals surface area (Å²) in [6, 6.07) is 21.0. The molecule has 5 nitrogen and oxygen atoms in total. The van der Waals surface area contributed by atoms with Gasteiger partial charge in [-0.05, 0) is 96.1 Å². The van der Waals surface area contributed by atoms with Crippen LogP contribution in [0.4, 0.5) is 0 Å². The summed E-state index contributed by atoms with van der Waals surface area (Å²) in [5.41, 5.74) is 5.19. The number of hydrogen-bond donors (Lipinski definition) is 1. The van der Waals surface area contributed by atoms with E-state index in [1.54, 1.807) is 24.4 Å². The van der Waals surface area contributed by atoms with Crippen LogP contribution in [-0.2, 0) is 10.0 Å². The Morgan fingerprint density at radius 1 is 0.935 bits per heavy atom. The van der Waals surface area contributed by atoms with Crippen molar-refractivity contribution in [3.63, 3.8) is 0 Å². The number of fused-ring (bicyclic) bond motifs is 1. The summed E-state index contributed by atoms with van der Waals surface area (Å²) < 4.78 is 28.7. The largest absolute Gasteiger partial charge is 0.318 e. The molecule has 1 N–H and O–H groups in total. The molecule has 0 fully saturated rings. The number of aryl methyl sites for hydroxylation is 2. The molecule has 0 unspecified atom stereocenters. The molecule has 0 aliphatic carbocycles. The first-order chi connectivity index (χ1) is 14.8. The maximum absolute atomic E-state index is 12.7. The average Bonchev–Trinajstić information content (AvgIpc) is 3.03. The summed E-state index contributed by atoms with van der Waals surface area (Å²) in [5, 5.41) is 5.89. The average molecular weight is 543 g/mol. The molecule has 0 atom stereocenters. The van der Waals surface area contributed by atoms with Crippen LogP contribution >= 0.6 is 22.6 Å². The second-order valence-electron chi connectivity index (χ2n) is 7.46. The van der Waals surface area contributed by atoms with E-state index in [1.165, 1.54) is 9.13 Å². The number of hydrogen-bond acceptors (Lipinski definition) is 3. The van der Waals surface area contributed by atoms with Crippen molar-refractivity contribution in [2.24, 2.45) is 5.10 Å². The van der Waals surface area contributed by atoms with Gasteiger partial charge in [0.2, 0.25) is 0 Å². The Morgan fingerprint density at radius 2 is 1.68 bits per heavy atom. The van der Waals surface area contributed by atoms with Crippen LogP contribution in [0.2, 0.25) is 0 Å². The van der Waals surface area contributed by atoms with Gasteiger partial charge in [-0.3, -0.25) is 0 Å². The first-order valence-corrected chi connectivity index (χ1v) is 12.3. The third kappa shape index (κ3) is 4.38. The highest BCUT2D eigenvalue weighted by Gasteiger charge is 2.14. The van der Waals surface area contributed by atoms with E-state index < -0.39 is 10.0 Å². The van der Waals surface area contributed by atoms with Crippen LogP contribution in [0.15, 0.2) is 76.7 Å². The molecule has 1 heterocycles. The van der Waals surface area contributed by atoms with E-state index >= 15 is 0 Å². The molecule has 0 amide bonds. The van der Waals surface area contributed by atoms with Gasteiger partial charge in [-0.15, -0.1) is 0 Å². The van der Waals surface area contributed by atoms with Gasteiger partial charge in [0.15, 0.2) is 0 Å². The topological polar surface area (TPSA) is 63.5 Å². The maximum atomic E-state index is 12.7. The Kier molecular flexibility index (Phi) is 5.90. The van der Waals surface area contributed by atoms with Gasteiger partial charge in [-0.25, -0.2) is 4.83 Å². The number of halogens is 1. The molecule has 0 aliphatic rings. The molecular formula is C24H22IN3O2S. The zero-order chi connectivity index (χ0) is 22.2. The van der Waals surface area contributed by atoms with Gasteiger partial charge in [0.25, 0.3) is 10.0 Å². The van der Waals surface area contributed by atoms with Gasteiger partial charge in [-0.2, -0.15) is 13.5 Å². The standard InChI is InChI=1S/C24H22IN3O2S/c1-16-12-22(9-11-24(16)25)28-17(2)13-21(18(28)3)15-26-27-31(29,30)23-10-8-19-6-4-5-7-20(19)14-23/h4-15,27H,1-3H3/b26-15+. The minimum absolute atomic E-state index is 0.184. The van der Waals surface area contributed by atoms with E-state index in [0.717, 1.165) is 33.4 Å². The first-order valence-electron chi connectivity index (χ1n) is 9.75. The molecule has 158 valence electrons. The van der Waals surface area contributed by atoms with Crippen molar-refractivity contribution >= 4 is 49.6 Å². The molecule has 0 aliphatic heterocycles. The predicted molar refractivity (Wildman–Crippen MR) is 135 cm³/mol. The van der Waals surface area contributed by atoms with Crippen LogP contribution in [0.25, 0.3) is 16.5 Å². The summed E-state index contributed by atoms with van der Waals surface area (Å²) in [6.45, 7) is 6.11. The third-order valence-corrected chi connectivity index (χ3v) is 7.71. The van der Waals surface area contributed by atoms with Gasteiger partial charge in [0, 0.05) is 26.2 Å². The van der Waals surface area contributed by atoms with Gasteiger partial charge in [-0.1, -0.05) is 30.3 Å². The molecule has 0 bridgehead atoms. The molecule has 3 aromatic carbocycles. The highest BCUT2D eigenvalue weighted by Crippen LogP contribution is 2.23. The number of rotatable bonds is 5. The van der Waals surface area contributed by atoms with Crippen molar-refractivity contribution in [2.75, 3.05) is 0 Å². The maximum Gasteiger partial charge on any atom is 0.276 e. The fourth-order valence-electron chi connectivity index (χ4n) is 3.64. The molecule has 0 saturated heterocycles. The molecule has 7 heteroatoms. The molecule has 4 rings (SSSR count). The summed E-state index contributed by atoms with van der Waals surface area (Å²) in [4.78, 5) is 2.52. The fourth-order valence-corrected chi connectivity index (χ4v) is 4.80. The zero-order valence-electron chi connectivity index (χ0n) is 17.4. The second kappa shape index (κ2) is 8.47. The van der Waals surface area contributed by atoms with Crippen LogP contribution < -0.4 is 4.83 Å². The number of nitrogens with zero attached hydrogens (tertiary/aromatic N) is 2. The molecule has 0 spiro atoms. The van der Waals surface area contributed by atoms with E-state index in [-0.39, 0.29) is 4.90 Å². The number of hydrazone groups is 1. The highest BCUT2D eigenvalue weighted by molar-refractivity contribution is 14.1. The molecular weight excluding hydrogens is 521 g/mol. The Morgan fingerprint density at radius 3 is 2.42 bits per heavy atom. The van der Waals surface area contributed by atoms with E-state index in [4.69, 9.17) is 0 Å². The van der Waals surface area contributed by atoms with Gasteiger partial charge in [0.05, 0.1) is 11.1 Å². The Hall–Kier alpha value is -2.65. The lowest BCUT2D eigenvalue weighted by Gasteiger charge is -2.11. The minimum Gasteiger partial charge on any atom is -0.318 e. The Labute approximate surface area is 196 Å². The van der Waals surface area contributed by atoms with Crippen molar-refractivity contribution in [3.05, 3.63) is 92.8 Å². The smallest absolute Gasteiger partial charge is 0.276 e. The van der Waals surface area contributed by atoms with Crippen molar-refractivity contribution in [1.29, 1.82) is 0 Å². The fraction of sp³-hybridized carbons (Fsp3) is 0.125. The number of nitrogens with one attached hydrogen (secondary N) is 1. The molecule has 0 saturated carbocycles. The van der Waals surface area contributed by atoms with E-state index in [0.29, 0.717) is 0 Å². The lowest BCUT2D eigenvalue weighted by atomic mass is 10.1. The number of aromatic nitrogens is 1. The number of benzene rings is 3. The SMILES string of the molecule is Cc1cc(-n2c(C)cc(/C=N/NS(=O)(=O)c3ccc4ccccc4c3)c2C)ccc1I. The quantitative estimate of drug-likeness (QED) is 0.206. The van der Waals surface area contributed by atoms with Gasteiger partial charge < -0.3 is 4.57 Å². The summed E-state index contributed by atoms with van der Waals surface area (Å²) in [5.74, 6) is 0. The van der Waals surface area contributed by atoms with E-state index in [1.807, 2.05) is 44.2 Å².